The number of hydrogen-bond acceptors (Lipinski definition) is 12. The standard InChI is InChI=1S/C26H27ClN6O.C25H26ClN7O.2CH4/c1-26(33-24(34)22-11-9-17(28)14-29-22)12-4-6-18(13-26)31-25-30-15-21(27)23(32-25)20-10-8-16-5-2-3-7-19(16)20;1-25(33-23(34)21-9-8-15(27)12-28-21)10-4-5-16(11-25)31-24-30-14-19(26)22(32-24)18-13-29-20-7-3-2-6-17(18)20;;/h2-3,5,7,9-11,14-15,18H,4,6,8,12-13,28H2,1H3,(H,33,34)(H,30,31,32);2-3,6-9,12-14,16,29H,4-5,10-11,27H2,1H3,(H,33,34)(H,30,31,32);2*1H4/t18-,26+;16-,25+;;/m11../s1. The van der Waals surface area contributed by atoms with Gasteiger partial charge in [-0.1, -0.05) is 86.6 Å². The summed E-state index contributed by atoms with van der Waals surface area (Å²) in [5.74, 6) is 0.670. The number of hydrogen-bond donors (Lipinski definition) is 7. The van der Waals surface area contributed by atoms with Gasteiger partial charge in [-0.2, -0.15) is 0 Å². The molecule has 364 valence electrons. The summed E-state index contributed by atoms with van der Waals surface area (Å²) in [6.45, 7) is 4.14. The van der Waals surface area contributed by atoms with Crippen LogP contribution in [0.1, 0.15) is 118 Å². The molecule has 70 heavy (non-hydrogen) atoms. The van der Waals surface area contributed by atoms with Gasteiger partial charge in [0.15, 0.2) is 0 Å². The van der Waals surface area contributed by atoms with Gasteiger partial charge in [-0.25, -0.2) is 29.9 Å². The number of nitrogens with one attached hydrogen (secondary N) is 5. The number of para-hydroxylation sites is 1. The molecule has 2 amide bonds. The lowest BCUT2D eigenvalue weighted by molar-refractivity contribution is 0.0864. The van der Waals surface area contributed by atoms with Gasteiger partial charge >= 0.3 is 0 Å². The Kier molecular flexibility index (Phi) is 15.7. The molecule has 9 N–H and O–H groups in total. The normalized spacial score (nSPS) is 20.3. The summed E-state index contributed by atoms with van der Waals surface area (Å²) in [6, 6.07) is 23.2. The number of pyridine rings is 2. The number of benzene rings is 2. The number of nitrogen functional groups attached to an aromatic ring is 2. The van der Waals surface area contributed by atoms with Crippen molar-refractivity contribution in [2.45, 2.75) is 110 Å². The molecule has 0 bridgehead atoms. The lowest BCUT2D eigenvalue weighted by Crippen LogP contribution is -2.51. The Labute approximate surface area is 419 Å². The summed E-state index contributed by atoms with van der Waals surface area (Å²) in [7, 11) is 0. The number of fused-ring (bicyclic) bond motifs is 2. The minimum Gasteiger partial charge on any atom is -0.397 e. The zero-order valence-corrected chi connectivity index (χ0v) is 39.3. The molecule has 2 fully saturated rings. The van der Waals surface area contributed by atoms with Crippen LogP contribution < -0.4 is 32.7 Å². The Hall–Kier alpha value is -7.10. The van der Waals surface area contributed by atoms with Crippen molar-refractivity contribution < 1.29 is 9.59 Å². The van der Waals surface area contributed by atoms with Crippen molar-refractivity contribution in [1.29, 1.82) is 0 Å². The molecule has 4 atom stereocenters. The Balaban J connectivity index is 0.000000201. The maximum absolute atomic E-state index is 12.7. The van der Waals surface area contributed by atoms with Gasteiger partial charge in [0.05, 0.1) is 57.6 Å². The first-order valence-electron chi connectivity index (χ1n) is 22.8. The third-order valence-corrected chi connectivity index (χ3v) is 13.5. The third kappa shape index (κ3) is 11.7. The van der Waals surface area contributed by atoms with E-state index in [0.29, 0.717) is 50.4 Å². The second kappa shape index (κ2) is 21.7. The van der Waals surface area contributed by atoms with Crippen LogP contribution in [0.3, 0.4) is 0 Å². The number of aromatic nitrogens is 7. The van der Waals surface area contributed by atoms with E-state index in [-0.39, 0.29) is 49.8 Å². The summed E-state index contributed by atoms with van der Waals surface area (Å²) in [6.07, 6.45) is 18.4. The number of carbonyl (C=O) groups is 2. The van der Waals surface area contributed by atoms with E-state index in [2.05, 4.69) is 78.2 Å². The highest BCUT2D eigenvalue weighted by atomic mass is 35.5. The molecule has 0 saturated heterocycles. The fourth-order valence-electron chi connectivity index (χ4n) is 9.59. The van der Waals surface area contributed by atoms with Crippen LogP contribution in [0.4, 0.5) is 23.3 Å². The summed E-state index contributed by atoms with van der Waals surface area (Å²) in [5.41, 5.74) is 19.3. The molecule has 0 unspecified atom stereocenters. The van der Waals surface area contributed by atoms with E-state index in [0.717, 1.165) is 85.5 Å². The van der Waals surface area contributed by atoms with Crippen molar-refractivity contribution in [3.8, 4) is 11.3 Å². The molecular weight excluding hydrogens is 922 g/mol. The van der Waals surface area contributed by atoms with Crippen LogP contribution in [0, 0.1) is 0 Å². The molecular formula is C53H61Cl2N13O2. The van der Waals surface area contributed by atoms with Crippen molar-refractivity contribution in [3.05, 3.63) is 148 Å². The number of anilines is 4. The molecule has 3 aliphatic rings. The van der Waals surface area contributed by atoms with Crippen LogP contribution in [-0.4, -0.2) is 69.9 Å². The van der Waals surface area contributed by atoms with Crippen LogP contribution in [0.5, 0.6) is 0 Å². The fourth-order valence-corrected chi connectivity index (χ4v) is 9.98. The smallest absolute Gasteiger partial charge is 0.270 e. The maximum atomic E-state index is 12.7. The Bertz CT molecular complexity index is 3000. The first kappa shape index (κ1) is 50.8. The van der Waals surface area contributed by atoms with Gasteiger partial charge in [0, 0.05) is 51.4 Å². The van der Waals surface area contributed by atoms with Gasteiger partial charge in [0.2, 0.25) is 11.9 Å². The third-order valence-electron chi connectivity index (χ3n) is 12.9. The Morgan fingerprint density at radius 2 is 1.19 bits per heavy atom. The number of nitrogens with zero attached hydrogens (tertiary/aromatic N) is 6. The van der Waals surface area contributed by atoms with Gasteiger partial charge in [-0.15, -0.1) is 0 Å². The van der Waals surface area contributed by atoms with E-state index < -0.39 is 0 Å². The molecule has 2 saturated carbocycles. The van der Waals surface area contributed by atoms with Crippen molar-refractivity contribution in [2.24, 2.45) is 0 Å². The number of carbonyl (C=O) groups excluding carboxylic acids is 2. The van der Waals surface area contributed by atoms with Crippen molar-refractivity contribution >= 4 is 74.8 Å². The quantitative estimate of drug-likeness (QED) is 0.0679. The number of aromatic amines is 1. The van der Waals surface area contributed by atoms with Gasteiger partial charge < -0.3 is 37.7 Å². The van der Waals surface area contributed by atoms with Crippen LogP contribution in [0.2, 0.25) is 10.0 Å². The number of nitrogens with two attached hydrogens (primary N) is 2. The Morgan fingerprint density at radius 3 is 1.76 bits per heavy atom. The molecule has 17 heteroatoms. The fraction of sp³-hybridized carbons (Fsp3) is 0.321. The minimum absolute atomic E-state index is 0. The van der Waals surface area contributed by atoms with Gasteiger partial charge in [-0.05, 0) is 113 Å². The number of halogens is 2. The number of allylic oxidation sites excluding steroid dienone is 1. The SMILES string of the molecule is C.C.C[C@]1(NC(=O)c2ccc(N)cn2)CCC[C@@H](Nc2ncc(Cl)c(-c3c[nH]c4ccccc34)n2)C1.C[C@]1(NC(=O)c2ccc(N)cn2)CCC[C@@H](Nc2ncc(Cl)c(C3=CCc4ccccc43)n2)C1. The number of rotatable bonds is 10. The van der Waals surface area contributed by atoms with E-state index in [4.69, 9.17) is 44.6 Å². The molecule has 3 aliphatic carbocycles. The van der Waals surface area contributed by atoms with Gasteiger partial charge in [-0.3, -0.25) is 9.59 Å². The zero-order chi connectivity index (χ0) is 47.4. The first-order valence-corrected chi connectivity index (χ1v) is 23.6. The number of amides is 2. The zero-order valence-electron chi connectivity index (χ0n) is 37.8. The second-order valence-corrected chi connectivity index (χ2v) is 19.2. The van der Waals surface area contributed by atoms with E-state index in [9.17, 15) is 9.59 Å². The molecule has 7 aromatic rings. The molecule has 0 aliphatic heterocycles. The van der Waals surface area contributed by atoms with Crippen LogP contribution >= 0.6 is 23.2 Å². The highest BCUT2D eigenvalue weighted by Gasteiger charge is 2.36. The highest BCUT2D eigenvalue weighted by Crippen LogP contribution is 2.37. The monoisotopic (exact) mass is 981 g/mol. The van der Waals surface area contributed by atoms with Gasteiger partial charge in [0.25, 0.3) is 11.8 Å². The summed E-state index contributed by atoms with van der Waals surface area (Å²) in [5, 5.41) is 15.4. The van der Waals surface area contributed by atoms with Crippen molar-refractivity contribution in [1.82, 2.24) is 45.5 Å². The molecule has 5 aromatic heterocycles. The predicted molar refractivity (Wildman–Crippen MR) is 283 cm³/mol. The van der Waals surface area contributed by atoms with Gasteiger partial charge in [0.1, 0.15) is 11.4 Å². The second-order valence-electron chi connectivity index (χ2n) is 18.4. The van der Waals surface area contributed by atoms with E-state index in [1.54, 1.807) is 36.7 Å². The van der Waals surface area contributed by atoms with Crippen molar-refractivity contribution in [3.63, 3.8) is 0 Å². The van der Waals surface area contributed by atoms with Crippen molar-refractivity contribution in [2.75, 3.05) is 22.1 Å². The van der Waals surface area contributed by atoms with E-state index in [1.165, 1.54) is 23.5 Å². The maximum Gasteiger partial charge on any atom is 0.270 e. The molecule has 0 spiro atoms. The minimum atomic E-state index is -0.373. The first-order chi connectivity index (χ1) is 32.8. The topological polar surface area (TPSA) is 227 Å². The molecule has 10 rings (SSSR count). The molecule has 15 nitrogen and oxygen atoms in total. The lowest BCUT2D eigenvalue weighted by atomic mass is 9.80. The summed E-state index contributed by atoms with van der Waals surface area (Å²) < 4.78 is 0. The summed E-state index contributed by atoms with van der Waals surface area (Å²) >= 11 is 13.0. The number of H-pyrrole nitrogens is 1. The average Bonchev–Trinajstić information content (AvgIpc) is 3.96. The average molecular weight is 983 g/mol. The molecule has 5 heterocycles. The van der Waals surface area contributed by atoms with E-state index >= 15 is 0 Å². The molecule has 2 aromatic carbocycles. The molecule has 0 radical (unpaired) electrons. The highest BCUT2D eigenvalue weighted by molar-refractivity contribution is 6.33. The lowest BCUT2D eigenvalue weighted by Gasteiger charge is -2.39. The van der Waals surface area contributed by atoms with Crippen LogP contribution in [-0.2, 0) is 6.42 Å². The largest absolute Gasteiger partial charge is 0.397 e. The predicted octanol–water partition coefficient (Wildman–Crippen LogP) is 10.7. The van der Waals surface area contributed by atoms with Crippen LogP contribution in [0.25, 0.3) is 27.7 Å². The summed E-state index contributed by atoms with van der Waals surface area (Å²) in [4.78, 5) is 55.4. The van der Waals surface area contributed by atoms with Crippen LogP contribution in [0.15, 0.2) is 110 Å². The van der Waals surface area contributed by atoms with E-state index in [1.807, 2.05) is 42.6 Å². The Morgan fingerprint density at radius 1 is 0.657 bits per heavy atom.